The first-order chi connectivity index (χ1) is 19.2. The second-order valence-electron chi connectivity index (χ2n) is 9.81. The first kappa shape index (κ1) is 28.9. The lowest BCUT2D eigenvalue weighted by Gasteiger charge is -2.34. The molecule has 2 heterocycles. The smallest absolute Gasteiger partial charge is 0.323 e. The number of amides is 3. The van der Waals surface area contributed by atoms with Gasteiger partial charge in [0.2, 0.25) is 5.91 Å². The number of benzene rings is 2. The maximum absolute atomic E-state index is 14.8. The number of aromatic nitrogens is 1. The van der Waals surface area contributed by atoms with Crippen molar-refractivity contribution in [3.05, 3.63) is 77.7 Å². The number of pyridine rings is 1. The van der Waals surface area contributed by atoms with Crippen LogP contribution in [0.3, 0.4) is 0 Å². The molecular weight excluding hydrogens is 531 g/mol. The third kappa shape index (κ3) is 7.96. The van der Waals surface area contributed by atoms with Crippen molar-refractivity contribution in [2.24, 2.45) is 0 Å². The van der Waals surface area contributed by atoms with Crippen LogP contribution in [0.5, 0.6) is 11.5 Å². The molecule has 1 aromatic heterocycles. The molecule has 11 heteroatoms. The number of likely N-dealkylation sites (tertiary alicyclic amines) is 1. The van der Waals surface area contributed by atoms with Crippen molar-refractivity contribution in [3.63, 3.8) is 0 Å². The number of thiocarbonyl (C=S) groups is 1. The lowest BCUT2D eigenvalue weighted by Crippen LogP contribution is -2.46. The number of hydrogen-bond acceptors (Lipinski definition) is 6. The maximum atomic E-state index is 14.8. The number of hydrogen-bond donors (Lipinski definition) is 3. The Hall–Kier alpha value is -4.09. The number of piperidine rings is 1. The Balaban J connectivity index is 1.31. The van der Waals surface area contributed by atoms with Crippen LogP contribution in [0.25, 0.3) is 0 Å². The van der Waals surface area contributed by atoms with Crippen molar-refractivity contribution in [1.82, 2.24) is 20.1 Å². The molecule has 0 aliphatic carbocycles. The molecule has 210 valence electrons. The minimum Gasteiger partial charge on any atom is -0.454 e. The molecule has 0 bridgehead atoms. The van der Waals surface area contributed by atoms with Crippen molar-refractivity contribution < 1.29 is 18.7 Å². The Morgan fingerprint density at radius 3 is 2.60 bits per heavy atom. The van der Waals surface area contributed by atoms with Gasteiger partial charge in [-0.05, 0) is 81.4 Å². The molecule has 0 radical (unpaired) electrons. The highest BCUT2D eigenvalue weighted by Crippen LogP contribution is 2.28. The maximum Gasteiger partial charge on any atom is 0.323 e. The molecule has 1 fully saturated rings. The summed E-state index contributed by atoms with van der Waals surface area (Å²) in [4.78, 5) is 33.2. The van der Waals surface area contributed by atoms with Crippen LogP contribution in [0.1, 0.15) is 24.0 Å². The van der Waals surface area contributed by atoms with Gasteiger partial charge in [-0.1, -0.05) is 24.3 Å². The largest absolute Gasteiger partial charge is 0.454 e. The van der Waals surface area contributed by atoms with Crippen LogP contribution in [-0.2, 0) is 11.2 Å². The summed E-state index contributed by atoms with van der Waals surface area (Å²) < 4.78 is 20.5. The number of halogens is 1. The van der Waals surface area contributed by atoms with E-state index in [4.69, 9.17) is 17.0 Å². The van der Waals surface area contributed by atoms with Crippen molar-refractivity contribution in [1.29, 1.82) is 0 Å². The van der Waals surface area contributed by atoms with Crippen molar-refractivity contribution in [2.75, 3.05) is 37.8 Å². The molecule has 3 aromatic rings. The van der Waals surface area contributed by atoms with E-state index < -0.39 is 5.82 Å². The number of carbonyl (C=O) groups excluding carboxylic acids is 2. The molecule has 1 aliphatic heterocycles. The van der Waals surface area contributed by atoms with Gasteiger partial charge in [0.15, 0.2) is 16.7 Å². The lowest BCUT2D eigenvalue weighted by atomic mass is 10.0. The van der Waals surface area contributed by atoms with Crippen LogP contribution in [0.2, 0.25) is 0 Å². The first-order valence-corrected chi connectivity index (χ1v) is 13.4. The molecule has 2 aromatic carbocycles. The zero-order chi connectivity index (χ0) is 28.6. The zero-order valence-corrected chi connectivity index (χ0v) is 23.6. The van der Waals surface area contributed by atoms with Gasteiger partial charge in [0.05, 0.1) is 6.42 Å². The van der Waals surface area contributed by atoms with Crippen LogP contribution in [0.15, 0.2) is 60.8 Å². The minimum atomic E-state index is -0.636. The highest BCUT2D eigenvalue weighted by molar-refractivity contribution is 7.80. The molecule has 0 spiro atoms. The Kier molecular flexibility index (Phi) is 9.62. The Morgan fingerprint density at radius 1 is 1.12 bits per heavy atom. The predicted molar refractivity (Wildman–Crippen MR) is 157 cm³/mol. The summed E-state index contributed by atoms with van der Waals surface area (Å²) in [5, 5.41) is 8.27. The number of urea groups is 1. The van der Waals surface area contributed by atoms with E-state index in [-0.39, 0.29) is 35.3 Å². The van der Waals surface area contributed by atoms with Gasteiger partial charge < -0.3 is 25.2 Å². The van der Waals surface area contributed by atoms with Crippen molar-refractivity contribution in [2.45, 2.75) is 32.2 Å². The fourth-order valence-corrected chi connectivity index (χ4v) is 4.62. The number of nitrogens with zero attached hydrogens (tertiary/aromatic N) is 3. The topological polar surface area (TPSA) is 98.8 Å². The molecule has 0 unspecified atom stereocenters. The molecule has 40 heavy (non-hydrogen) atoms. The third-order valence-corrected chi connectivity index (χ3v) is 7.01. The summed E-state index contributed by atoms with van der Waals surface area (Å²) in [6, 6.07) is 14.8. The SMILES string of the molecule is Cc1ccccc1CC(=O)NC(=S)Nc1ccc(Oc2ccnc(NC(=O)N(C)C3CCN(C)CC3)c2)c(F)c1. The highest BCUT2D eigenvalue weighted by atomic mass is 32.1. The van der Waals surface area contributed by atoms with Gasteiger partial charge in [-0.15, -0.1) is 0 Å². The summed E-state index contributed by atoms with van der Waals surface area (Å²) in [5.41, 5.74) is 2.27. The van der Waals surface area contributed by atoms with E-state index in [0.717, 1.165) is 37.1 Å². The Labute approximate surface area is 238 Å². The van der Waals surface area contributed by atoms with Gasteiger partial charge in [0.1, 0.15) is 11.6 Å². The molecule has 1 saturated heterocycles. The average Bonchev–Trinajstić information content (AvgIpc) is 2.91. The molecule has 3 N–H and O–H groups in total. The summed E-state index contributed by atoms with van der Waals surface area (Å²) in [7, 11) is 3.85. The molecule has 4 rings (SSSR count). The van der Waals surface area contributed by atoms with Gasteiger partial charge >= 0.3 is 6.03 Å². The summed E-state index contributed by atoms with van der Waals surface area (Å²) in [5.74, 6) is -0.320. The van der Waals surface area contributed by atoms with E-state index >= 15 is 0 Å². The van der Waals surface area contributed by atoms with E-state index in [1.165, 1.54) is 24.4 Å². The fraction of sp³-hybridized carbons (Fsp3) is 0.310. The second-order valence-corrected chi connectivity index (χ2v) is 10.2. The summed E-state index contributed by atoms with van der Waals surface area (Å²) >= 11 is 5.21. The zero-order valence-electron chi connectivity index (χ0n) is 22.7. The van der Waals surface area contributed by atoms with E-state index in [1.807, 2.05) is 31.2 Å². The van der Waals surface area contributed by atoms with Gasteiger partial charge in [0, 0.05) is 37.1 Å². The number of nitrogens with one attached hydrogen (secondary N) is 3. The molecule has 0 atom stereocenters. The van der Waals surface area contributed by atoms with Gasteiger partial charge in [-0.2, -0.15) is 0 Å². The number of anilines is 2. The predicted octanol–water partition coefficient (Wildman–Crippen LogP) is 4.94. The Bertz CT molecular complexity index is 1380. The van der Waals surface area contributed by atoms with Crippen LogP contribution in [0, 0.1) is 12.7 Å². The highest BCUT2D eigenvalue weighted by Gasteiger charge is 2.24. The summed E-state index contributed by atoms with van der Waals surface area (Å²) in [6.45, 7) is 3.82. The number of ether oxygens (including phenoxy) is 1. The monoisotopic (exact) mass is 564 g/mol. The summed E-state index contributed by atoms with van der Waals surface area (Å²) in [6.07, 6.45) is 3.47. The van der Waals surface area contributed by atoms with Crippen LogP contribution in [0.4, 0.5) is 20.7 Å². The van der Waals surface area contributed by atoms with Crippen LogP contribution in [-0.4, -0.2) is 65.1 Å². The fourth-order valence-electron chi connectivity index (χ4n) is 4.39. The van der Waals surface area contributed by atoms with E-state index in [1.54, 1.807) is 24.1 Å². The number of carbonyl (C=O) groups is 2. The lowest BCUT2D eigenvalue weighted by molar-refractivity contribution is -0.119. The Morgan fingerprint density at radius 2 is 1.88 bits per heavy atom. The second kappa shape index (κ2) is 13.3. The molecule has 1 aliphatic rings. The van der Waals surface area contributed by atoms with Crippen molar-refractivity contribution in [3.8, 4) is 11.5 Å². The first-order valence-electron chi connectivity index (χ1n) is 13.0. The molecule has 0 saturated carbocycles. The molecule has 9 nitrogen and oxygen atoms in total. The quantitative estimate of drug-likeness (QED) is 0.350. The van der Waals surface area contributed by atoms with E-state index in [0.29, 0.717) is 17.3 Å². The van der Waals surface area contributed by atoms with Crippen LogP contribution >= 0.6 is 12.2 Å². The van der Waals surface area contributed by atoms with Gasteiger partial charge in [-0.3, -0.25) is 10.1 Å². The standard InChI is InChI=1S/C29H33FN6O3S/c1-19-6-4-5-7-20(19)16-27(37)34-28(40)32-21-8-9-25(24(30)17-21)39-23-10-13-31-26(18-23)33-29(38)36(3)22-11-14-35(2)15-12-22/h4-10,13,17-18,22H,11-12,14-16H2,1-3H3,(H,31,33,38)(H2,32,34,37,40). The molecule has 3 amide bonds. The third-order valence-electron chi connectivity index (χ3n) is 6.81. The van der Waals surface area contributed by atoms with Gasteiger partial charge in [0.25, 0.3) is 0 Å². The normalized spacial score (nSPS) is 13.8. The molecular formula is C29H33FN6O3S. The van der Waals surface area contributed by atoms with E-state index in [9.17, 15) is 14.0 Å². The number of aryl methyl sites for hydroxylation is 1. The average molecular weight is 565 g/mol. The van der Waals surface area contributed by atoms with Crippen molar-refractivity contribution >= 4 is 40.8 Å². The van der Waals surface area contributed by atoms with E-state index in [2.05, 4.69) is 32.9 Å². The number of rotatable bonds is 7. The van der Waals surface area contributed by atoms with Crippen LogP contribution < -0.4 is 20.7 Å². The minimum absolute atomic E-state index is 0.0213. The van der Waals surface area contributed by atoms with Gasteiger partial charge in [-0.25, -0.2) is 14.2 Å².